The Hall–Kier alpha value is -1.26. The smallest absolute Gasteiger partial charge is 0.161 e. The molecule has 0 amide bonds. The third-order valence-electron chi connectivity index (χ3n) is 4.97. The molecule has 4 heteroatoms. The lowest BCUT2D eigenvalue weighted by Gasteiger charge is -2.43. The summed E-state index contributed by atoms with van der Waals surface area (Å²) in [7, 11) is 1.71. The van der Waals surface area contributed by atoms with Crippen LogP contribution in [0.5, 0.6) is 11.5 Å². The van der Waals surface area contributed by atoms with E-state index >= 15 is 0 Å². The van der Waals surface area contributed by atoms with E-state index in [4.69, 9.17) is 9.47 Å². The molecule has 1 aliphatic carbocycles. The van der Waals surface area contributed by atoms with Gasteiger partial charge in [-0.2, -0.15) is 0 Å². The molecule has 1 saturated heterocycles. The monoisotopic (exact) mass is 304 g/mol. The molecule has 122 valence electrons. The second-order valence-electron chi connectivity index (χ2n) is 6.27. The quantitative estimate of drug-likeness (QED) is 0.876. The zero-order chi connectivity index (χ0) is 15.4. The second kappa shape index (κ2) is 7.34. The minimum absolute atomic E-state index is 0.529. The van der Waals surface area contributed by atoms with Gasteiger partial charge in [-0.15, -0.1) is 0 Å². The summed E-state index contributed by atoms with van der Waals surface area (Å²) in [6.45, 7) is 7.15. The normalized spacial score (nSPS) is 21.2. The van der Waals surface area contributed by atoms with Crippen LogP contribution in [-0.2, 0) is 0 Å². The third-order valence-corrected chi connectivity index (χ3v) is 4.97. The Morgan fingerprint density at radius 1 is 1.23 bits per heavy atom. The first-order valence-corrected chi connectivity index (χ1v) is 8.59. The molecule has 1 N–H and O–H groups in total. The van der Waals surface area contributed by atoms with E-state index in [0.29, 0.717) is 12.6 Å². The SMILES string of the molecule is CCOc1cc([C@H](C2CCC2)N2CCNCC2)ccc1OC. The maximum absolute atomic E-state index is 5.78. The molecule has 2 fully saturated rings. The van der Waals surface area contributed by atoms with Crippen LogP contribution in [0.4, 0.5) is 0 Å². The van der Waals surface area contributed by atoms with Crippen molar-refractivity contribution in [1.29, 1.82) is 0 Å². The van der Waals surface area contributed by atoms with Gasteiger partial charge in [-0.05, 0) is 43.4 Å². The van der Waals surface area contributed by atoms with Gasteiger partial charge in [0.2, 0.25) is 0 Å². The Labute approximate surface area is 133 Å². The zero-order valence-corrected chi connectivity index (χ0v) is 13.8. The summed E-state index contributed by atoms with van der Waals surface area (Å²) in [4.78, 5) is 2.65. The zero-order valence-electron chi connectivity index (χ0n) is 13.8. The van der Waals surface area contributed by atoms with Crippen molar-refractivity contribution in [3.63, 3.8) is 0 Å². The summed E-state index contributed by atoms with van der Waals surface area (Å²) in [5.41, 5.74) is 1.39. The predicted molar refractivity (Wildman–Crippen MR) is 88.7 cm³/mol. The van der Waals surface area contributed by atoms with Crippen molar-refractivity contribution in [2.24, 2.45) is 5.92 Å². The second-order valence-corrected chi connectivity index (χ2v) is 6.27. The highest BCUT2D eigenvalue weighted by molar-refractivity contribution is 5.44. The van der Waals surface area contributed by atoms with E-state index in [1.54, 1.807) is 7.11 Å². The van der Waals surface area contributed by atoms with Gasteiger partial charge < -0.3 is 14.8 Å². The number of nitrogens with one attached hydrogen (secondary N) is 1. The molecule has 0 aromatic heterocycles. The van der Waals surface area contributed by atoms with Crippen LogP contribution in [0.15, 0.2) is 18.2 Å². The summed E-state index contributed by atoms with van der Waals surface area (Å²) in [5.74, 6) is 2.50. The standard InChI is InChI=1S/C18H28N2O2/c1-3-22-17-13-15(7-8-16(17)21-2)18(14-5-4-6-14)20-11-9-19-10-12-20/h7-8,13-14,18-19H,3-6,9-12H2,1-2H3/t18-/m0/s1. The maximum Gasteiger partial charge on any atom is 0.161 e. The molecule has 1 atom stereocenters. The van der Waals surface area contributed by atoms with Crippen LogP contribution in [0.3, 0.4) is 0 Å². The van der Waals surface area contributed by atoms with E-state index in [1.807, 2.05) is 6.92 Å². The molecule has 2 aliphatic rings. The lowest BCUT2D eigenvalue weighted by atomic mass is 9.76. The number of methoxy groups -OCH3 is 1. The molecule has 0 unspecified atom stereocenters. The first kappa shape index (κ1) is 15.6. The van der Waals surface area contributed by atoms with Gasteiger partial charge in [0.15, 0.2) is 11.5 Å². The molecule has 3 rings (SSSR count). The van der Waals surface area contributed by atoms with Crippen LogP contribution in [0, 0.1) is 5.92 Å². The molecule has 0 bridgehead atoms. The average molecular weight is 304 g/mol. The van der Waals surface area contributed by atoms with Crippen LogP contribution in [0.25, 0.3) is 0 Å². The molecule has 1 aliphatic heterocycles. The van der Waals surface area contributed by atoms with Crippen LogP contribution >= 0.6 is 0 Å². The Bertz CT molecular complexity index is 482. The van der Waals surface area contributed by atoms with Crippen molar-refractivity contribution < 1.29 is 9.47 Å². The Balaban J connectivity index is 1.87. The number of hydrogen-bond donors (Lipinski definition) is 1. The molecule has 1 aromatic carbocycles. The van der Waals surface area contributed by atoms with E-state index in [-0.39, 0.29) is 0 Å². The third kappa shape index (κ3) is 3.23. The van der Waals surface area contributed by atoms with Gasteiger partial charge in [0.25, 0.3) is 0 Å². The van der Waals surface area contributed by atoms with E-state index < -0.39 is 0 Å². The van der Waals surface area contributed by atoms with Gasteiger partial charge in [-0.25, -0.2) is 0 Å². The number of ether oxygens (including phenoxy) is 2. The number of nitrogens with zero attached hydrogens (tertiary/aromatic N) is 1. The molecular formula is C18H28N2O2. The van der Waals surface area contributed by atoms with Crippen molar-refractivity contribution in [2.45, 2.75) is 32.2 Å². The highest BCUT2D eigenvalue weighted by atomic mass is 16.5. The summed E-state index contributed by atoms with van der Waals surface area (Å²) >= 11 is 0. The molecule has 1 aromatic rings. The molecular weight excluding hydrogens is 276 g/mol. The minimum Gasteiger partial charge on any atom is -0.493 e. The molecule has 22 heavy (non-hydrogen) atoms. The summed E-state index contributed by atoms with van der Waals surface area (Å²) in [6.07, 6.45) is 4.08. The van der Waals surface area contributed by atoms with Gasteiger partial charge in [-0.1, -0.05) is 12.5 Å². The number of piperazine rings is 1. The van der Waals surface area contributed by atoms with Crippen LogP contribution in [0.1, 0.15) is 37.8 Å². The van der Waals surface area contributed by atoms with E-state index in [9.17, 15) is 0 Å². The van der Waals surface area contributed by atoms with Gasteiger partial charge in [0.1, 0.15) is 0 Å². The fourth-order valence-electron chi connectivity index (χ4n) is 3.64. The fourth-order valence-corrected chi connectivity index (χ4v) is 3.64. The van der Waals surface area contributed by atoms with Crippen molar-refractivity contribution in [1.82, 2.24) is 10.2 Å². The van der Waals surface area contributed by atoms with Gasteiger partial charge in [0.05, 0.1) is 13.7 Å². The molecule has 0 radical (unpaired) electrons. The van der Waals surface area contributed by atoms with Crippen LogP contribution < -0.4 is 14.8 Å². The van der Waals surface area contributed by atoms with Crippen molar-refractivity contribution in [3.8, 4) is 11.5 Å². The molecule has 0 spiro atoms. The van der Waals surface area contributed by atoms with Gasteiger partial charge in [-0.3, -0.25) is 4.90 Å². The highest BCUT2D eigenvalue weighted by Crippen LogP contribution is 2.43. The fraction of sp³-hybridized carbons (Fsp3) is 0.667. The largest absolute Gasteiger partial charge is 0.493 e. The summed E-state index contributed by atoms with van der Waals surface area (Å²) < 4.78 is 11.2. The van der Waals surface area contributed by atoms with Gasteiger partial charge >= 0.3 is 0 Å². The highest BCUT2D eigenvalue weighted by Gasteiger charge is 2.33. The van der Waals surface area contributed by atoms with Crippen LogP contribution in [-0.4, -0.2) is 44.8 Å². The van der Waals surface area contributed by atoms with E-state index in [2.05, 4.69) is 28.4 Å². The van der Waals surface area contributed by atoms with Gasteiger partial charge in [0, 0.05) is 32.2 Å². The number of hydrogen-bond acceptors (Lipinski definition) is 4. The first-order chi connectivity index (χ1) is 10.8. The van der Waals surface area contributed by atoms with E-state index in [1.165, 1.54) is 24.8 Å². The Morgan fingerprint density at radius 3 is 2.59 bits per heavy atom. The lowest BCUT2D eigenvalue weighted by molar-refractivity contribution is 0.0834. The molecule has 4 nitrogen and oxygen atoms in total. The number of benzene rings is 1. The molecule has 1 heterocycles. The predicted octanol–water partition coefficient (Wildman–Crippen LogP) is 2.84. The molecule has 1 saturated carbocycles. The van der Waals surface area contributed by atoms with Crippen molar-refractivity contribution in [2.75, 3.05) is 39.9 Å². The lowest BCUT2D eigenvalue weighted by Crippen LogP contribution is -2.47. The van der Waals surface area contributed by atoms with E-state index in [0.717, 1.165) is 43.6 Å². The Morgan fingerprint density at radius 2 is 2.00 bits per heavy atom. The minimum atomic E-state index is 0.529. The first-order valence-electron chi connectivity index (χ1n) is 8.59. The van der Waals surface area contributed by atoms with Crippen molar-refractivity contribution >= 4 is 0 Å². The number of rotatable bonds is 6. The maximum atomic E-state index is 5.78. The summed E-state index contributed by atoms with van der Waals surface area (Å²) in [6, 6.07) is 7.02. The topological polar surface area (TPSA) is 33.7 Å². The van der Waals surface area contributed by atoms with Crippen LogP contribution in [0.2, 0.25) is 0 Å². The van der Waals surface area contributed by atoms with Crippen molar-refractivity contribution in [3.05, 3.63) is 23.8 Å². The Kier molecular flexibility index (Phi) is 5.21. The summed E-state index contributed by atoms with van der Waals surface area (Å²) in [5, 5.41) is 3.46. The average Bonchev–Trinajstić information content (AvgIpc) is 2.52.